The van der Waals surface area contributed by atoms with Gasteiger partial charge in [0.15, 0.2) is 11.5 Å². The molecule has 32 heavy (non-hydrogen) atoms. The molecule has 0 unspecified atom stereocenters. The molecule has 4 rings (SSSR count). The molecule has 0 atom stereocenters. The Balaban J connectivity index is 1.31. The number of hydrogen-bond donors (Lipinski definition) is 1. The third-order valence-electron chi connectivity index (χ3n) is 4.77. The van der Waals surface area contributed by atoms with Gasteiger partial charge in [-0.1, -0.05) is 41.4 Å². The Hall–Kier alpha value is -2.68. The minimum atomic E-state index is -0.433. The van der Waals surface area contributed by atoms with Gasteiger partial charge in [-0.2, -0.15) is 0 Å². The molecular formula is C22H18Cl2N2O5S. The van der Waals surface area contributed by atoms with Crippen LogP contribution >= 0.6 is 35.0 Å². The molecule has 2 aromatic rings. The second-order valence-corrected chi connectivity index (χ2v) is 8.76. The molecule has 2 heterocycles. The van der Waals surface area contributed by atoms with Crippen molar-refractivity contribution in [1.29, 1.82) is 0 Å². The number of nitrogens with zero attached hydrogens (tertiary/aromatic N) is 1. The molecule has 10 heteroatoms. The van der Waals surface area contributed by atoms with E-state index in [1.165, 1.54) is 0 Å². The topological polar surface area (TPSA) is 84.9 Å². The number of ether oxygens (including phenoxy) is 2. The summed E-state index contributed by atoms with van der Waals surface area (Å²) < 4.78 is 11.0. The lowest BCUT2D eigenvalue weighted by Crippen LogP contribution is -2.37. The van der Waals surface area contributed by atoms with E-state index in [0.717, 1.165) is 22.2 Å². The van der Waals surface area contributed by atoms with E-state index >= 15 is 0 Å². The normalized spacial score (nSPS) is 16.6. The number of fused-ring (bicyclic) bond motifs is 1. The number of thioether (sulfide) groups is 1. The first-order valence-electron chi connectivity index (χ1n) is 9.77. The monoisotopic (exact) mass is 492 g/mol. The number of hydrogen-bond acceptors (Lipinski definition) is 6. The zero-order valence-electron chi connectivity index (χ0n) is 16.7. The molecular weight excluding hydrogens is 475 g/mol. The van der Waals surface area contributed by atoms with Crippen LogP contribution in [0.4, 0.5) is 4.79 Å². The maximum absolute atomic E-state index is 12.6. The second kappa shape index (κ2) is 9.85. The van der Waals surface area contributed by atoms with Crippen LogP contribution in [0, 0.1) is 0 Å². The molecule has 166 valence electrons. The summed E-state index contributed by atoms with van der Waals surface area (Å²) in [6.07, 6.45) is 1.69. The van der Waals surface area contributed by atoms with E-state index in [4.69, 9.17) is 32.7 Å². The van der Waals surface area contributed by atoms with Crippen LogP contribution in [-0.4, -0.2) is 48.3 Å². The standard InChI is InChI=1S/C22H18Cl2N2O5S/c23-15-3-1-2-14(20(15)24)12-18-21(28)26(22(29)32-18)7-6-25-19(27)11-13-4-5-16-17(10-13)31-9-8-30-16/h1-5,10,12H,6-9,11H2,(H,25,27)/b18-12+. The zero-order valence-corrected chi connectivity index (χ0v) is 19.1. The van der Waals surface area contributed by atoms with Crippen LogP contribution in [0.5, 0.6) is 11.5 Å². The van der Waals surface area contributed by atoms with Crippen LogP contribution in [0.2, 0.25) is 10.0 Å². The Kier molecular flexibility index (Phi) is 6.93. The molecule has 0 radical (unpaired) electrons. The molecule has 2 aliphatic rings. The fourth-order valence-electron chi connectivity index (χ4n) is 3.22. The number of nitrogens with one attached hydrogen (secondary N) is 1. The third-order valence-corrected chi connectivity index (χ3v) is 6.51. The number of amides is 3. The highest BCUT2D eigenvalue weighted by Gasteiger charge is 2.34. The van der Waals surface area contributed by atoms with Gasteiger partial charge < -0.3 is 14.8 Å². The lowest BCUT2D eigenvalue weighted by molar-refractivity contribution is -0.124. The fraction of sp³-hybridized carbons (Fsp3) is 0.227. The molecule has 0 spiro atoms. The van der Waals surface area contributed by atoms with E-state index in [1.54, 1.807) is 42.5 Å². The first-order valence-corrected chi connectivity index (χ1v) is 11.3. The quantitative estimate of drug-likeness (QED) is 0.609. The summed E-state index contributed by atoms with van der Waals surface area (Å²) in [4.78, 5) is 38.5. The molecule has 0 aliphatic carbocycles. The van der Waals surface area contributed by atoms with Crippen LogP contribution in [0.15, 0.2) is 41.3 Å². The van der Waals surface area contributed by atoms with Crippen molar-refractivity contribution in [3.8, 4) is 11.5 Å². The minimum Gasteiger partial charge on any atom is -0.486 e. The van der Waals surface area contributed by atoms with E-state index in [0.29, 0.717) is 40.3 Å². The van der Waals surface area contributed by atoms with E-state index in [1.807, 2.05) is 0 Å². The van der Waals surface area contributed by atoms with Crippen molar-refractivity contribution in [2.75, 3.05) is 26.3 Å². The smallest absolute Gasteiger partial charge is 0.293 e. The molecule has 0 bridgehead atoms. The van der Waals surface area contributed by atoms with E-state index in [-0.39, 0.29) is 30.3 Å². The molecule has 1 fully saturated rings. The van der Waals surface area contributed by atoms with Crippen molar-refractivity contribution in [3.05, 3.63) is 62.5 Å². The van der Waals surface area contributed by atoms with Gasteiger partial charge in [0.2, 0.25) is 5.91 Å². The Morgan fingerprint density at radius 3 is 2.72 bits per heavy atom. The molecule has 2 aliphatic heterocycles. The Morgan fingerprint density at radius 1 is 1.12 bits per heavy atom. The van der Waals surface area contributed by atoms with Gasteiger partial charge in [0.25, 0.3) is 11.1 Å². The lowest BCUT2D eigenvalue weighted by Gasteiger charge is -2.18. The van der Waals surface area contributed by atoms with E-state index in [9.17, 15) is 14.4 Å². The summed E-state index contributed by atoms with van der Waals surface area (Å²) in [7, 11) is 0. The van der Waals surface area contributed by atoms with Gasteiger partial charge in [-0.05, 0) is 47.2 Å². The first-order chi connectivity index (χ1) is 15.4. The van der Waals surface area contributed by atoms with Gasteiger partial charge in [0, 0.05) is 13.1 Å². The van der Waals surface area contributed by atoms with Crippen molar-refractivity contribution in [1.82, 2.24) is 10.2 Å². The molecule has 2 aromatic carbocycles. The fourth-order valence-corrected chi connectivity index (χ4v) is 4.44. The van der Waals surface area contributed by atoms with Gasteiger partial charge in [-0.15, -0.1) is 0 Å². The molecule has 1 saturated heterocycles. The summed E-state index contributed by atoms with van der Waals surface area (Å²) in [5.74, 6) is 0.616. The zero-order chi connectivity index (χ0) is 22.7. The van der Waals surface area contributed by atoms with Crippen LogP contribution in [0.25, 0.3) is 6.08 Å². The molecule has 0 saturated carbocycles. The highest BCUT2D eigenvalue weighted by molar-refractivity contribution is 8.18. The van der Waals surface area contributed by atoms with Gasteiger partial charge in [-0.25, -0.2) is 0 Å². The van der Waals surface area contributed by atoms with Gasteiger partial charge in [-0.3, -0.25) is 19.3 Å². The molecule has 7 nitrogen and oxygen atoms in total. The number of halogens is 2. The average Bonchev–Trinajstić information content (AvgIpc) is 3.04. The SMILES string of the molecule is O=C(Cc1ccc2c(c1)OCCO2)NCCN1C(=O)S/C(=C/c2cccc(Cl)c2Cl)C1=O. The summed E-state index contributed by atoms with van der Waals surface area (Å²) in [5, 5.41) is 3.01. The van der Waals surface area contributed by atoms with Crippen molar-refractivity contribution in [3.63, 3.8) is 0 Å². The maximum Gasteiger partial charge on any atom is 0.293 e. The van der Waals surface area contributed by atoms with E-state index in [2.05, 4.69) is 5.32 Å². The number of benzene rings is 2. The van der Waals surface area contributed by atoms with Crippen LogP contribution < -0.4 is 14.8 Å². The van der Waals surface area contributed by atoms with Gasteiger partial charge >= 0.3 is 0 Å². The van der Waals surface area contributed by atoms with Crippen molar-refractivity contribution < 1.29 is 23.9 Å². The third kappa shape index (κ3) is 5.03. The maximum atomic E-state index is 12.6. The lowest BCUT2D eigenvalue weighted by atomic mass is 10.1. The molecule has 3 amide bonds. The summed E-state index contributed by atoms with van der Waals surface area (Å²) in [6, 6.07) is 10.4. The second-order valence-electron chi connectivity index (χ2n) is 6.98. The van der Waals surface area contributed by atoms with Crippen molar-refractivity contribution >= 4 is 58.1 Å². The predicted molar refractivity (Wildman–Crippen MR) is 123 cm³/mol. The van der Waals surface area contributed by atoms with E-state index < -0.39 is 11.1 Å². The van der Waals surface area contributed by atoms with Crippen LogP contribution in [0.3, 0.4) is 0 Å². The summed E-state index contributed by atoms with van der Waals surface area (Å²) >= 11 is 13.0. The van der Waals surface area contributed by atoms with Gasteiger partial charge in [0.1, 0.15) is 13.2 Å². The largest absolute Gasteiger partial charge is 0.486 e. The first kappa shape index (κ1) is 22.5. The Morgan fingerprint density at radius 2 is 1.91 bits per heavy atom. The molecule has 0 aromatic heterocycles. The average molecular weight is 493 g/mol. The predicted octanol–water partition coefficient (Wildman–Crippen LogP) is 4.16. The Bertz CT molecular complexity index is 1120. The summed E-state index contributed by atoms with van der Waals surface area (Å²) in [5.41, 5.74) is 1.33. The highest BCUT2D eigenvalue weighted by Crippen LogP contribution is 2.35. The number of carbonyl (C=O) groups is 3. The number of rotatable bonds is 6. The molecule has 1 N–H and O–H groups in total. The summed E-state index contributed by atoms with van der Waals surface area (Å²) in [6.45, 7) is 1.19. The Labute approximate surface area is 198 Å². The number of imide groups is 1. The minimum absolute atomic E-state index is 0.0676. The van der Waals surface area contributed by atoms with Crippen molar-refractivity contribution in [2.45, 2.75) is 6.42 Å². The van der Waals surface area contributed by atoms with Crippen LogP contribution in [0.1, 0.15) is 11.1 Å². The van der Waals surface area contributed by atoms with Crippen molar-refractivity contribution in [2.24, 2.45) is 0 Å². The van der Waals surface area contributed by atoms with Crippen LogP contribution in [-0.2, 0) is 16.0 Å². The highest BCUT2D eigenvalue weighted by atomic mass is 35.5. The van der Waals surface area contributed by atoms with Gasteiger partial charge in [0.05, 0.1) is 21.4 Å². The number of carbonyl (C=O) groups excluding carboxylic acids is 3.